The lowest BCUT2D eigenvalue weighted by Crippen LogP contribution is -2.14. The van der Waals surface area contributed by atoms with Crippen LogP contribution < -0.4 is 9.47 Å². The molecule has 0 spiro atoms. The summed E-state index contributed by atoms with van der Waals surface area (Å²) in [6.45, 7) is 13.3. The van der Waals surface area contributed by atoms with E-state index in [0.717, 1.165) is 54.7 Å². The molecule has 9 rings (SSSR count). The average Bonchev–Trinajstić information content (AvgIpc) is 3.73. The van der Waals surface area contributed by atoms with Crippen molar-refractivity contribution in [2.75, 3.05) is 0 Å². The lowest BCUT2D eigenvalue weighted by atomic mass is 9.85. The van der Waals surface area contributed by atoms with Crippen LogP contribution in [0.5, 0.6) is 23.0 Å². The van der Waals surface area contributed by atoms with E-state index in [0.29, 0.717) is 34.0 Å². The highest BCUT2D eigenvalue weighted by atomic mass is 16.5. The minimum atomic E-state index is -0.196. The van der Waals surface area contributed by atoms with Gasteiger partial charge in [-0.1, -0.05) is 126 Å². The molecule has 6 nitrogen and oxygen atoms in total. The van der Waals surface area contributed by atoms with Gasteiger partial charge in [-0.2, -0.15) is 0 Å². The molecule has 0 bridgehead atoms. The number of rotatable bonds is 8. The van der Waals surface area contributed by atoms with Gasteiger partial charge in [0.15, 0.2) is 11.5 Å². The van der Waals surface area contributed by atoms with Gasteiger partial charge in [0.1, 0.15) is 24.7 Å². The molecule has 0 saturated carbocycles. The van der Waals surface area contributed by atoms with E-state index in [2.05, 4.69) is 136 Å². The second-order valence-electron chi connectivity index (χ2n) is 17.3. The van der Waals surface area contributed by atoms with Gasteiger partial charge in [-0.25, -0.2) is 0 Å². The molecule has 0 aliphatic heterocycles. The first-order chi connectivity index (χ1) is 27.9. The third kappa shape index (κ3) is 6.39. The molecule has 0 amide bonds. The number of benzene rings is 7. The molecule has 9 aromatic rings. The molecule has 2 N–H and O–H groups in total. The fraction of sp³-hybridized carbons (Fsp3) is 0.192. The summed E-state index contributed by atoms with van der Waals surface area (Å²) >= 11 is 0. The van der Waals surface area contributed by atoms with E-state index in [9.17, 15) is 10.2 Å². The molecule has 0 radical (unpaired) electrons. The summed E-state index contributed by atoms with van der Waals surface area (Å²) in [7, 11) is 0. The van der Waals surface area contributed by atoms with E-state index >= 15 is 0 Å². The van der Waals surface area contributed by atoms with Crippen LogP contribution in [0, 0.1) is 0 Å². The van der Waals surface area contributed by atoms with Gasteiger partial charge in [0.05, 0.1) is 33.4 Å². The largest absolute Gasteiger partial charge is 0.505 e. The van der Waals surface area contributed by atoms with Crippen molar-refractivity contribution < 1.29 is 19.7 Å². The maximum atomic E-state index is 12.1. The lowest BCUT2D eigenvalue weighted by Gasteiger charge is -2.24. The fourth-order valence-corrected chi connectivity index (χ4v) is 8.15. The number of phenols is 2. The standard InChI is InChI=1S/C52H48N2O4/c1-51(2,3)35-27-33(49(55)45(29-35)53-41-21-11-7-17-37(41)38-18-8-12-22-42(38)53)31-57-47-25-15-16-26-48(47)58-32-34-28-36(52(4,5)6)30-46(50(34)56)54-43-23-13-9-19-39(43)40-20-10-14-24-44(40)54/h7-30,55-56H,31-32H2,1-6H3. The second kappa shape index (κ2) is 14.1. The molecule has 0 atom stereocenters. The number of hydrogen-bond acceptors (Lipinski definition) is 4. The van der Waals surface area contributed by atoms with Crippen LogP contribution in [0.1, 0.15) is 63.8 Å². The van der Waals surface area contributed by atoms with E-state index in [1.807, 2.05) is 60.7 Å². The molecule has 0 aliphatic carbocycles. The van der Waals surface area contributed by atoms with E-state index in [1.165, 1.54) is 0 Å². The van der Waals surface area contributed by atoms with Gasteiger partial charge in [-0.05, 0) is 82.6 Å². The maximum Gasteiger partial charge on any atom is 0.161 e. The van der Waals surface area contributed by atoms with Crippen LogP contribution in [0.2, 0.25) is 0 Å². The van der Waals surface area contributed by atoms with Crippen molar-refractivity contribution >= 4 is 43.6 Å². The summed E-state index contributed by atoms with van der Waals surface area (Å²) in [5, 5.41) is 28.6. The molecule has 0 saturated heterocycles. The predicted molar refractivity (Wildman–Crippen MR) is 237 cm³/mol. The highest BCUT2D eigenvalue weighted by Gasteiger charge is 2.25. The third-order valence-corrected chi connectivity index (χ3v) is 11.3. The average molecular weight is 765 g/mol. The summed E-state index contributed by atoms with van der Waals surface area (Å²) in [6.07, 6.45) is 0. The van der Waals surface area contributed by atoms with Crippen molar-refractivity contribution in [2.45, 2.75) is 65.6 Å². The smallest absolute Gasteiger partial charge is 0.161 e. The van der Waals surface area contributed by atoms with Gasteiger partial charge < -0.3 is 28.8 Å². The van der Waals surface area contributed by atoms with Crippen LogP contribution in [0.15, 0.2) is 146 Å². The highest BCUT2D eigenvalue weighted by molar-refractivity contribution is 6.10. The quantitative estimate of drug-likeness (QED) is 0.162. The van der Waals surface area contributed by atoms with E-state index in [1.54, 1.807) is 0 Å². The SMILES string of the molecule is CC(C)(C)c1cc(COc2ccccc2OCc2cc(C(C)(C)C)cc(-n3c4ccccc4c4ccccc43)c2O)c(O)c(-n2c3ccccc3c3ccccc32)c1. The summed E-state index contributed by atoms with van der Waals surface area (Å²) < 4.78 is 17.4. The van der Waals surface area contributed by atoms with Crippen LogP contribution in [0.4, 0.5) is 0 Å². The van der Waals surface area contributed by atoms with Gasteiger partial charge in [-0.15, -0.1) is 0 Å². The zero-order valence-electron chi connectivity index (χ0n) is 33.9. The van der Waals surface area contributed by atoms with Crippen molar-refractivity contribution in [1.82, 2.24) is 9.13 Å². The molecule has 0 aliphatic rings. The Kier molecular flexibility index (Phi) is 8.96. The number of aromatic hydroxyl groups is 2. The zero-order chi connectivity index (χ0) is 40.3. The molecule has 0 fully saturated rings. The molecular formula is C52H48N2O4. The number of para-hydroxylation sites is 6. The summed E-state index contributed by atoms with van der Waals surface area (Å²) in [5.41, 5.74) is 8.63. The Labute approximate surface area is 339 Å². The molecular weight excluding hydrogens is 717 g/mol. The van der Waals surface area contributed by atoms with Crippen molar-refractivity contribution in [1.29, 1.82) is 0 Å². The summed E-state index contributed by atoms with van der Waals surface area (Å²) in [4.78, 5) is 0. The number of ether oxygens (including phenoxy) is 2. The predicted octanol–water partition coefficient (Wildman–Crippen LogP) is 13.0. The van der Waals surface area contributed by atoms with E-state index in [-0.39, 0.29) is 35.5 Å². The fourth-order valence-electron chi connectivity index (χ4n) is 8.15. The molecule has 6 heteroatoms. The van der Waals surface area contributed by atoms with Crippen LogP contribution in [-0.2, 0) is 24.0 Å². The molecule has 7 aromatic carbocycles. The van der Waals surface area contributed by atoms with Gasteiger partial charge in [0.25, 0.3) is 0 Å². The topological polar surface area (TPSA) is 68.8 Å². The monoisotopic (exact) mass is 764 g/mol. The second-order valence-corrected chi connectivity index (χ2v) is 17.3. The Morgan fingerprint density at radius 1 is 0.414 bits per heavy atom. The van der Waals surface area contributed by atoms with Crippen LogP contribution in [-0.4, -0.2) is 19.3 Å². The van der Waals surface area contributed by atoms with Gasteiger partial charge in [-0.3, -0.25) is 0 Å². The lowest BCUT2D eigenvalue weighted by molar-refractivity contribution is 0.251. The first-order valence-electron chi connectivity index (χ1n) is 19.9. The number of fused-ring (bicyclic) bond motifs is 6. The Bertz CT molecular complexity index is 2700. The molecule has 2 aromatic heterocycles. The number of aromatic nitrogens is 2. The number of phenolic OH excluding ortho intramolecular Hbond substituents is 2. The van der Waals surface area contributed by atoms with Crippen LogP contribution in [0.25, 0.3) is 55.0 Å². The van der Waals surface area contributed by atoms with Crippen LogP contribution >= 0.6 is 0 Å². The molecule has 0 unspecified atom stereocenters. The third-order valence-electron chi connectivity index (χ3n) is 11.3. The Morgan fingerprint density at radius 3 is 1.02 bits per heavy atom. The normalized spacial score (nSPS) is 12.2. The van der Waals surface area contributed by atoms with E-state index < -0.39 is 0 Å². The highest BCUT2D eigenvalue weighted by Crippen LogP contribution is 2.42. The Morgan fingerprint density at radius 2 is 0.707 bits per heavy atom. The number of nitrogens with zero attached hydrogens (tertiary/aromatic N) is 2. The first-order valence-corrected chi connectivity index (χ1v) is 19.9. The maximum absolute atomic E-state index is 12.1. The molecule has 2 heterocycles. The van der Waals surface area contributed by atoms with Crippen molar-refractivity contribution in [3.05, 3.63) is 168 Å². The van der Waals surface area contributed by atoms with E-state index in [4.69, 9.17) is 9.47 Å². The number of hydrogen-bond donors (Lipinski definition) is 2. The first kappa shape index (κ1) is 36.9. The van der Waals surface area contributed by atoms with Gasteiger partial charge in [0, 0.05) is 32.7 Å². The molecule has 58 heavy (non-hydrogen) atoms. The summed E-state index contributed by atoms with van der Waals surface area (Å²) in [5.74, 6) is 1.41. The van der Waals surface area contributed by atoms with Gasteiger partial charge in [0.2, 0.25) is 0 Å². The summed E-state index contributed by atoms with van der Waals surface area (Å²) in [6, 6.07) is 49.1. The van der Waals surface area contributed by atoms with Crippen molar-refractivity contribution in [2.24, 2.45) is 0 Å². The Balaban J connectivity index is 1.07. The van der Waals surface area contributed by atoms with Gasteiger partial charge >= 0.3 is 0 Å². The van der Waals surface area contributed by atoms with Crippen molar-refractivity contribution in [3.8, 4) is 34.4 Å². The minimum Gasteiger partial charge on any atom is -0.505 e. The zero-order valence-corrected chi connectivity index (χ0v) is 33.9. The Hall–Kier alpha value is -6.66. The van der Waals surface area contributed by atoms with Crippen LogP contribution in [0.3, 0.4) is 0 Å². The minimum absolute atomic E-state index is 0.114. The van der Waals surface area contributed by atoms with Crippen molar-refractivity contribution in [3.63, 3.8) is 0 Å². The molecule has 290 valence electrons.